The monoisotopic (exact) mass is 359 g/mol. The summed E-state index contributed by atoms with van der Waals surface area (Å²) in [6.07, 6.45) is 2.47. The maximum atomic E-state index is 12.5. The van der Waals surface area contributed by atoms with Crippen molar-refractivity contribution in [3.05, 3.63) is 22.3 Å². The molecular formula is C20H25NO5. The van der Waals surface area contributed by atoms with Gasteiger partial charge in [-0.25, -0.2) is 0 Å². The Kier molecular flexibility index (Phi) is 5.20. The minimum Gasteiger partial charge on any atom is -0.504 e. The van der Waals surface area contributed by atoms with Gasteiger partial charge in [0.15, 0.2) is 17.8 Å². The SMILES string of the molecule is CCN(CC)C(=O)CC1=C(C)c2c3c(c(O)c(C=O)c2OC1)OCCC3. The Morgan fingerprint density at radius 2 is 1.96 bits per heavy atom. The molecule has 0 radical (unpaired) electrons. The van der Waals surface area contributed by atoms with E-state index in [4.69, 9.17) is 9.47 Å². The third-order valence-corrected chi connectivity index (χ3v) is 5.23. The third-order valence-electron chi connectivity index (χ3n) is 5.23. The molecule has 0 saturated heterocycles. The molecule has 26 heavy (non-hydrogen) atoms. The van der Waals surface area contributed by atoms with E-state index in [0.717, 1.165) is 35.1 Å². The number of carbonyl (C=O) groups excluding carboxylic acids is 2. The van der Waals surface area contributed by atoms with Crippen LogP contribution in [0.25, 0.3) is 5.57 Å². The van der Waals surface area contributed by atoms with Gasteiger partial charge >= 0.3 is 0 Å². The van der Waals surface area contributed by atoms with E-state index >= 15 is 0 Å². The zero-order chi connectivity index (χ0) is 18.8. The molecule has 3 rings (SSSR count). The number of phenols is 1. The Balaban J connectivity index is 2.09. The molecule has 0 saturated carbocycles. The highest BCUT2D eigenvalue weighted by Gasteiger charge is 2.32. The lowest BCUT2D eigenvalue weighted by atomic mass is 9.87. The summed E-state index contributed by atoms with van der Waals surface area (Å²) in [5, 5.41) is 10.4. The molecule has 1 N–H and O–H groups in total. The lowest BCUT2D eigenvalue weighted by Crippen LogP contribution is -2.31. The number of aromatic hydroxyl groups is 1. The smallest absolute Gasteiger partial charge is 0.226 e. The number of hydrogen-bond acceptors (Lipinski definition) is 5. The van der Waals surface area contributed by atoms with E-state index in [1.807, 2.05) is 20.8 Å². The second-order valence-corrected chi connectivity index (χ2v) is 6.60. The lowest BCUT2D eigenvalue weighted by molar-refractivity contribution is -0.130. The van der Waals surface area contributed by atoms with Gasteiger partial charge in [0, 0.05) is 24.2 Å². The Morgan fingerprint density at radius 1 is 1.23 bits per heavy atom. The van der Waals surface area contributed by atoms with Crippen LogP contribution in [0.15, 0.2) is 5.57 Å². The molecule has 140 valence electrons. The van der Waals surface area contributed by atoms with Crippen molar-refractivity contribution in [1.82, 2.24) is 4.90 Å². The summed E-state index contributed by atoms with van der Waals surface area (Å²) in [5.74, 6) is 0.689. The molecule has 2 heterocycles. The van der Waals surface area contributed by atoms with Crippen LogP contribution in [-0.4, -0.2) is 48.5 Å². The predicted octanol–water partition coefficient (Wildman–Crippen LogP) is 2.95. The first-order valence-corrected chi connectivity index (χ1v) is 9.12. The largest absolute Gasteiger partial charge is 0.504 e. The molecule has 6 heteroatoms. The minimum absolute atomic E-state index is 0.0657. The standard InChI is InChI=1S/C20H25NO5/c1-4-21(5-2)16(23)9-13-11-26-19-15(10-22)18(24)20-14(7-6-8-25-20)17(19)12(13)3/h10,24H,4-9,11H2,1-3H3. The van der Waals surface area contributed by atoms with Crippen molar-refractivity contribution >= 4 is 17.8 Å². The van der Waals surface area contributed by atoms with Gasteiger partial charge in [0.05, 0.1) is 13.0 Å². The second kappa shape index (κ2) is 7.40. The second-order valence-electron chi connectivity index (χ2n) is 6.60. The normalized spacial score (nSPS) is 15.5. The minimum atomic E-state index is -0.149. The molecule has 2 aliphatic rings. The predicted molar refractivity (Wildman–Crippen MR) is 97.9 cm³/mol. The number of aldehydes is 1. The molecule has 0 unspecified atom stereocenters. The summed E-state index contributed by atoms with van der Waals surface area (Å²) in [6.45, 7) is 7.97. The highest BCUT2D eigenvalue weighted by atomic mass is 16.5. The Hall–Kier alpha value is -2.50. The van der Waals surface area contributed by atoms with E-state index in [9.17, 15) is 14.7 Å². The van der Waals surface area contributed by atoms with Gasteiger partial charge in [-0.05, 0) is 44.8 Å². The van der Waals surface area contributed by atoms with Gasteiger partial charge in [0.1, 0.15) is 17.9 Å². The molecule has 1 amide bonds. The summed E-state index contributed by atoms with van der Waals surface area (Å²) >= 11 is 0. The number of allylic oxidation sites excluding steroid dienone is 1. The van der Waals surface area contributed by atoms with Crippen LogP contribution in [0.3, 0.4) is 0 Å². The van der Waals surface area contributed by atoms with E-state index in [2.05, 4.69) is 0 Å². The Labute approximate surface area is 153 Å². The number of hydrogen-bond donors (Lipinski definition) is 1. The number of benzene rings is 1. The highest BCUT2D eigenvalue weighted by molar-refractivity contribution is 5.94. The number of fused-ring (bicyclic) bond motifs is 3. The summed E-state index contributed by atoms with van der Waals surface area (Å²) in [4.78, 5) is 25.9. The highest BCUT2D eigenvalue weighted by Crippen LogP contribution is 2.49. The molecule has 2 aliphatic heterocycles. The average molecular weight is 359 g/mol. The number of amides is 1. The van der Waals surface area contributed by atoms with Gasteiger partial charge in [0.2, 0.25) is 5.91 Å². The van der Waals surface area contributed by atoms with Crippen molar-refractivity contribution < 1.29 is 24.2 Å². The van der Waals surface area contributed by atoms with E-state index in [0.29, 0.717) is 43.9 Å². The van der Waals surface area contributed by atoms with Crippen LogP contribution in [0.2, 0.25) is 0 Å². The van der Waals surface area contributed by atoms with Crippen molar-refractivity contribution in [3.63, 3.8) is 0 Å². The Morgan fingerprint density at radius 3 is 2.62 bits per heavy atom. The first-order chi connectivity index (χ1) is 12.5. The van der Waals surface area contributed by atoms with Gasteiger partial charge < -0.3 is 19.5 Å². The topological polar surface area (TPSA) is 76.1 Å². The molecule has 0 atom stereocenters. The van der Waals surface area contributed by atoms with Crippen LogP contribution >= 0.6 is 0 Å². The van der Waals surface area contributed by atoms with Gasteiger partial charge in [-0.15, -0.1) is 0 Å². The van der Waals surface area contributed by atoms with Crippen molar-refractivity contribution in [1.29, 1.82) is 0 Å². The number of carbonyl (C=O) groups is 2. The fourth-order valence-electron chi connectivity index (χ4n) is 3.73. The van der Waals surface area contributed by atoms with Crippen molar-refractivity contribution in [2.75, 3.05) is 26.3 Å². The van der Waals surface area contributed by atoms with Crippen LogP contribution in [0.4, 0.5) is 0 Å². The van der Waals surface area contributed by atoms with E-state index in [1.165, 1.54) is 0 Å². The molecule has 1 aromatic rings. The summed E-state index contributed by atoms with van der Waals surface area (Å²) < 4.78 is 11.5. The molecule has 0 aromatic heterocycles. The molecule has 0 aliphatic carbocycles. The van der Waals surface area contributed by atoms with E-state index < -0.39 is 0 Å². The third kappa shape index (κ3) is 2.93. The van der Waals surface area contributed by atoms with Gasteiger partial charge in [-0.1, -0.05) is 0 Å². The van der Waals surface area contributed by atoms with Gasteiger partial charge in [-0.2, -0.15) is 0 Å². The number of nitrogens with zero attached hydrogens (tertiary/aromatic N) is 1. The fraction of sp³-hybridized carbons (Fsp3) is 0.500. The summed E-state index contributed by atoms with van der Waals surface area (Å²) in [5.41, 5.74) is 3.63. The fourth-order valence-corrected chi connectivity index (χ4v) is 3.73. The van der Waals surface area contributed by atoms with Crippen LogP contribution in [0, 0.1) is 0 Å². The molecule has 1 aromatic carbocycles. The summed E-state index contributed by atoms with van der Waals surface area (Å²) in [7, 11) is 0. The summed E-state index contributed by atoms with van der Waals surface area (Å²) in [6, 6.07) is 0. The van der Waals surface area contributed by atoms with Crippen molar-refractivity contribution in [3.8, 4) is 17.2 Å². The zero-order valence-electron chi connectivity index (χ0n) is 15.6. The van der Waals surface area contributed by atoms with E-state index in [1.54, 1.807) is 4.90 Å². The van der Waals surface area contributed by atoms with Crippen LogP contribution in [-0.2, 0) is 11.2 Å². The zero-order valence-corrected chi connectivity index (χ0v) is 15.6. The molecular weight excluding hydrogens is 334 g/mol. The van der Waals surface area contributed by atoms with Crippen molar-refractivity contribution in [2.24, 2.45) is 0 Å². The van der Waals surface area contributed by atoms with Gasteiger partial charge in [-0.3, -0.25) is 9.59 Å². The average Bonchev–Trinajstić information content (AvgIpc) is 2.65. The van der Waals surface area contributed by atoms with Crippen LogP contribution in [0.1, 0.15) is 55.1 Å². The molecule has 0 fully saturated rings. The number of ether oxygens (including phenoxy) is 2. The van der Waals surface area contributed by atoms with E-state index in [-0.39, 0.29) is 23.8 Å². The maximum Gasteiger partial charge on any atom is 0.226 e. The first kappa shape index (κ1) is 18.3. The number of phenolic OH excluding ortho intramolecular Hbond substituents is 1. The van der Waals surface area contributed by atoms with Crippen molar-refractivity contribution in [2.45, 2.75) is 40.0 Å². The maximum absolute atomic E-state index is 12.5. The molecule has 6 nitrogen and oxygen atoms in total. The Bertz CT molecular complexity index is 777. The number of rotatable bonds is 5. The molecule has 0 spiro atoms. The quantitative estimate of drug-likeness (QED) is 0.818. The van der Waals surface area contributed by atoms with Crippen LogP contribution < -0.4 is 9.47 Å². The lowest BCUT2D eigenvalue weighted by Gasteiger charge is -2.30. The first-order valence-electron chi connectivity index (χ1n) is 9.12. The van der Waals surface area contributed by atoms with Gasteiger partial charge in [0.25, 0.3) is 0 Å². The molecule has 0 bridgehead atoms. The van der Waals surface area contributed by atoms with Crippen LogP contribution in [0.5, 0.6) is 17.2 Å².